The second kappa shape index (κ2) is 7.76. The summed E-state index contributed by atoms with van der Waals surface area (Å²) in [6.45, 7) is 4.15. The van der Waals surface area contributed by atoms with Gasteiger partial charge in [-0.25, -0.2) is 4.79 Å². The normalized spacial score (nSPS) is 10.2. The van der Waals surface area contributed by atoms with Crippen molar-refractivity contribution >= 4 is 5.97 Å². The van der Waals surface area contributed by atoms with Crippen molar-refractivity contribution < 1.29 is 19.0 Å². The van der Waals surface area contributed by atoms with Gasteiger partial charge in [0.1, 0.15) is 0 Å². The van der Waals surface area contributed by atoms with E-state index in [-0.39, 0.29) is 5.97 Å². The van der Waals surface area contributed by atoms with Crippen LogP contribution in [0.15, 0.2) is 18.3 Å². The van der Waals surface area contributed by atoms with E-state index >= 15 is 0 Å². The molecule has 5 heteroatoms. The molecule has 0 atom stereocenters. The Bertz CT molecular complexity index is 337. The Morgan fingerprint density at radius 1 is 1.29 bits per heavy atom. The van der Waals surface area contributed by atoms with Crippen LogP contribution in [-0.2, 0) is 20.8 Å². The molecule has 1 aromatic rings. The van der Waals surface area contributed by atoms with Gasteiger partial charge < -0.3 is 14.2 Å². The van der Waals surface area contributed by atoms with Crippen molar-refractivity contribution in [2.75, 3.05) is 26.9 Å². The van der Waals surface area contributed by atoms with E-state index in [1.165, 1.54) is 13.3 Å². The minimum absolute atomic E-state index is 0.388. The Kier molecular flexibility index (Phi) is 6.21. The monoisotopic (exact) mass is 239 g/mol. The van der Waals surface area contributed by atoms with Crippen LogP contribution in [0.1, 0.15) is 23.0 Å². The van der Waals surface area contributed by atoms with Crippen LogP contribution in [0.2, 0.25) is 0 Å². The summed E-state index contributed by atoms with van der Waals surface area (Å²) >= 11 is 0. The lowest BCUT2D eigenvalue weighted by Gasteiger charge is -2.04. The molecule has 0 spiro atoms. The molecule has 5 nitrogen and oxygen atoms in total. The van der Waals surface area contributed by atoms with Crippen molar-refractivity contribution in [2.24, 2.45) is 0 Å². The molecule has 0 saturated heterocycles. The number of ether oxygens (including phenoxy) is 3. The van der Waals surface area contributed by atoms with Crippen molar-refractivity contribution in [1.82, 2.24) is 4.98 Å². The lowest BCUT2D eigenvalue weighted by molar-refractivity contribution is 0.0441. The van der Waals surface area contributed by atoms with Crippen LogP contribution in [0.25, 0.3) is 0 Å². The van der Waals surface area contributed by atoms with E-state index < -0.39 is 0 Å². The highest BCUT2D eigenvalue weighted by molar-refractivity contribution is 5.88. The Morgan fingerprint density at radius 3 is 2.65 bits per heavy atom. The van der Waals surface area contributed by atoms with Gasteiger partial charge in [-0.1, -0.05) is 0 Å². The molecule has 1 heterocycles. The van der Waals surface area contributed by atoms with Crippen LogP contribution in [0.3, 0.4) is 0 Å². The van der Waals surface area contributed by atoms with Gasteiger partial charge in [-0.15, -0.1) is 0 Å². The van der Waals surface area contributed by atoms with E-state index in [4.69, 9.17) is 9.47 Å². The summed E-state index contributed by atoms with van der Waals surface area (Å²) < 4.78 is 15.0. The summed E-state index contributed by atoms with van der Waals surface area (Å²) in [7, 11) is 1.34. The van der Waals surface area contributed by atoms with E-state index in [1.807, 2.05) is 6.92 Å². The van der Waals surface area contributed by atoms with E-state index in [0.29, 0.717) is 32.0 Å². The summed E-state index contributed by atoms with van der Waals surface area (Å²) in [5, 5.41) is 0. The molecule has 0 aliphatic rings. The van der Waals surface area contributed by atoms with E-state index in [9.17, 15) is 4.79 Å². The number of carbonyl (C=O) groups excluding carboxylic acids is 1. The van der Waals surface area contributed by atoms with Gasteiger partial charge in [0.2, 0.25) is 0 Å². The van der Waals surface area contributed by atoms with Gasteiger partial charge in [0.15, 0.2) is 0 Å². The first-order valence-electron chi connectivity index (χ1n) is 5.46. The van der Waals surface area contributed by atoms with Gasteiger partial charge in [-0.2, -0.15) is 0 Å². The van der Waals surface area contributed by atoms with Crippen LogP contribution in [0, 0.1) is 0 Å². The topological polar surface area (TPSA) is 57.7 Å². The molecule has 0 aliphatic carbocycles. The summed E-state index contributed by atoms with van der Waals surface area (Å²) in [6.07, 6.45) is 1.48. The highest BCUT2D eigenvalue weighted by atomic mass is 16.5. The summed E-state index contributed by atoms with van der Waals surface area (Å²) in [4.78, 5) is 15.2. The number of rotatable bonds is 7. The van der Waals surface area contributed by atoms with Crippen LogP contribution in [0.4, 0.5) is 0 Å². The van der Waals surface area contributed by atoms with Crippen LogP contribution in [0.5, 0.6) is 0 Å². The maximum atomic E-state index is 11.1. The minimum Gasteiger partial charge on any atom is -0.465 e. The molecule has 1 aromatic heterocycles. The Balaban J connectivity index is 2.33. The quantitative estimate of drug-likeness (QED) is 0.532. The number of carbonyl (C=O) groups is 1. The number of hydrogen-bond donors (Lipinski definition) is 0. The molecule has 0 aromatic carbocycles. The first-order chi connectivity index (χ1) is 8.27. The van der Waals surface area contributed by atoms with Crippen molar-refractivity contribution in [3.63, 3.8) is 0 Å². The zero-order chi connectivity index (χ0) is 12.5. The van der Waals surface area contributed by atoms with E-state index in [2.05, 4.69) is 9.72 Å². The van der Waals surface area contributed by atoms with Crippen molar-refractivity contribution in [3.8, 4) is 0 Å². The molecule has 17 heavy (non-hydrogen) atoms. The van der Waals surface area contributed by atoms with Gasteiger partial charge in [0.25, 0.3) is 0 Å². The molecule has 0 amide bonds. The number of methoxy groups -OCH3 is 1. The third kappa shape index (κ3) is 4.93. The zero-order valence-electron chi connectivity index (χ0n) is 10.1. The van der Waals surface area contributed by atoms with Crippen molar-refractivity contribution in [1.29, 1.82) is 0 Å². The highest BCUT2D eigenvalue weighted by Gasteiger charge is 2.05. The summed E-state index contributed by atoms with van der Waals surface area (Å²) in [5.74, 6) is -0.388. The number of aromatic nitrogens is 1. The number of hydrogen-bond acceptors (Lipinski definition) is 5. The first kappa shape index (κ1) is 13.6. The number of pyridine rings is 1. The Labute approximate surface area is 101 Å². The molecule has 0 unspecified atom stereocenters. The predicted octanol–water partition coefficient (Wildman–Crippen LogP) is 1.42. The highest BCUT2D eigenvalue weighted by Crippen LogP contribution is 2.03. The molecule has 1 rings (SSSR count). The standard InChI is InChI=1S/C12H17NO4/c1-3-16-6-7-17-9-11-5-4-10(8-13-11)12(14)15-2/h4-5,8H,3,6-7,9H2,1-2H3. The average molecular weight is 239 g/mol. The SMILES string of the molecule is CCOCCOCc1ccc(C(=O)OC)cn1. The van der Waals surface area contributed by atoms with Crippen molar-refractivity contribution in [3.05, 3.63) is 29.6 Å². The third-order valence-corrected chi connectivity index (χ3v) is 2.07. The fraction of sp³-hybridized carbons (Fsp3) is 0.500. The van der Waals surface area contributed by atoms with Gasteiger partial charge in [-0.3, -0.25) is 4.98 Å². The molecule has 0 bridgehead atoms. The summed E-state index contributed by atoms with van der Waals surface area (Å²) in [6, 6.07) is 3.41. The van der Waals surface area contributed by atoms with Crippen LogP contribution >= 0.6 is 0 Å². The maximum absolute atomic E-state index is 11.1. The van der Waals surface area contributed by atoms with E-state index in [0.717, 1.165) is 5.69 Å². The molecule has 94 valence electrons. The maximum Gasteiger partial charge on any atom is 0.339 e. The predicted molar refractivity (Wildman–Crippen MR) is 61.7 cm³/mol. The van der Waals surface area contributed by atoms with Gasteiger partial charge in [0, 0.05) is 12.8 Å². The minimum atomic E-state index is -0.388. The molecular formula is C12H17NO4. The van der Waals surface area contributed by atoms with E-state index in [1.54, 1.807) is 12.1 Å². The molecule has 0 N–H and O–H groups in total. The fourth-order valence-electron chi connectivity index (χ4n) is 1.19. The zero-order valence-corrected chi connectivity index (χ0v) is 10.1. The van der Waals surface area contributed by atoms with Gasteiger partial charge >= 0.3 is 5.97 Å². The second-order valence-electron chi connectivity index (χ2n) is 3.28. The van der Waals surface area contributed by atoms with Gasteiger partial charge in [0.05, 0.1) is 38.2 Å². The molecule has 0 radical (unpaired) electrons. The molecule has 0 saturated carbocycles. The largest absolute Gasteiger partial charge is 0.465 e. The smallest absolute Gasteiger partial charge is 0.339 e. The molecular weight excluding hydrogens is 222 g/mol. The number of nitrogens with zero attached hydrogens (tertiary/aromatic N) is 1. The number of esters is 1. The van der Waals surface area contributed by atoms with Crippen LogP contribution in [-0.4, -0.2) is 37.9 Å². The lowest BCUT2D eigenvalue weighted by Crippen LogP contribution is -2.06. The molecule has 0 aliphatic heterocycles. The first-order valence-corrected chi connectivity index (χ1v) is 5.46. The van der Waals surface area contributed by atoms with Crippen molar-refractivity contribution in [2.45, 2.75) is 13.5 Å². The Hall–Kier alpha value is -1.46. The fourth-order valence-corrected chi connectivity index (χ4v) is 1.19. The van der Waals surface area contributed by atoms with Crippen LogP contribution < -0.4 is 0 Å². The van der Waals surface area contributed by atoms with Gasteiger partial charge in [-0.05, 0) is 19.1 Å². The summed E-state index contributed by atoms with van der Waals surface area (Å²) in [5.41, 5.74) is 1.21. The average Bonchev–Trinajstić information content (AvgIpc) is 2.38. The third-order valence-electron chi connectivity index (χ3n) is 2.07. The molecule has 0 fully saturated rings. The second-order valence-corrected chi connectivity index (χ2v) is 3.28. The Morgan fingerprint density at radius 2 is 2.06 bits per heavy atom. The lowest BCUT2D eigenvalue weighted by atomic mass is 10.2.